The van der Waals surface area contributed by atoms with Crippen LogP contribution in [0, 0.1) is 0 Å². The molecular weight excluding hydrogens is 1620 g/mol. The zero-order chi connectivity index (χ0) is 87.4. The summed E-state index contributed by atoms with van der Waals surface area (Å²) in [5.41, 5.74) is 20.7. The standard InChI is InChI=1S/C25H34N6O3.C16H22ClN5O.C16H24N6O.C9H20N2O.C9H13NO2.C7H3Cl2N3.C2H6.2CH4.ClH/c1-6-7-11-25(3,16-28-17(2)32)31-23-20-10-12-26-15-21(20)29-24(30-23)27-14-18-8-9-19(33-4)13-22(18)34-5;2*1-4-5-7-16(3,10-19-11(2)23)22-14-12-6-8-18-9-13(12)20-15(17)21-14;1-4-5-6-9(3,10)7-11-8(2)12;1-11-8-4-3-7(6-10)9(5-8)12-2;8-6-4-1-2-10-3-5(4)11-7(9)12-6;1-2;;;/h8-10,12-13,15H,6-7,11,14,16H2,1-5H3,(H,28,32)(H2,27,29,30,31);6,8-9H,4-5,7,10H2,1-3H3,(H,19,23)(H,20,21,22);6,8-9H,4-5,7,10H2,1-3H3,(H,19,23)(H3,17,20,21,22);4-7,10H2,1-3H3,(H,11,12);3-5H,6,10H2,1-2H3;1-3H;1-2H3;2*1H4;1H/t25-;2*16-;9-;;;;;;/m1111....../s1. The smallest absolute Gasteiger partial charge is 0.225 e. The molecule has 0 aliphatic carbocycles. The third-order valence-corrected chi connectivity index (χ3v) is 18.7. The minimum Gasteiger partial charge on any atom is -0.497 e. The van der Waals surface area contributed by atoms with Crippen LogP contribution in [0.1, 0.15) is 200 Å². The van der Waals surface area contributed by atoms with Crippen LogP contribution in [0.4, 0.5) is 29.4 Å². The van der Waals surface area contributed by atoms with Gasteiger partial charge in [-0.05, 0) is 119 Å². The van der Waals surface area contributed by atoms with E-state index >= 15 is 0 Å². The van der Waals surface area contributed by atoms with Crippen molar-refractivity contribution in [3.05, 3.63) is 137 Å². The van der Waals surface area contributed by atoms with Crippen molar-refractivity contribution in [3.8, 4) is 23.0 Å². The topological polar surface area (TPSA) is 434 Å². The molecule has 0 aliphatic rings. The number of amides is 4. The molecule has 0 spiro atoms. The van der Waals surface area contributed by atoms with E-state index < -0.39 is 0 Å². The number of carbonyl (C=O) groups is 4. The number of ether oxygens (including phenoxy) is 4. The molecule has 4 atom stereocenters. The number of nitrogens with one attached hydrogen (secondary N) is 8. The molecule has 121 heavy (non-hydrogen) atoms. The number of rotatable bonds is 34. The van der Waals surface area contributed by atoms with Gasteiger partial charge in [0.05, 0.1) is 91.9 Å². The summed E-state index contributed by atoms with van der Waals surface area (Å²) in [6.07, 6.45) is 25.6. The fourth-order valence-corrected chi connectivity index (χ4v) is 12.1. The second-order valence-electron chi connectivity index (χ2n) is 28.7. The average molecular weight is 1760 g/mol. The molecule has 10 aromatic rings. The minimum absolute atomic E-state index is 0. The lowest BCUT2D eigenvalue weighted by Crippen LogP contribution is -2.47. The second-order valence-corrected chi connectivity index (χ2v) is 29.7. The van der Waals surface area contributed by atoms with Crippen LogP contribution in [0.15, 0.2) is 110 Å². The molecule has 666 valence electrons. The fourth-order valence-electron chi connectivity index (χ4n) is 11.5. The molecule has 8 aromatic heterocycles. The van der Waals surface area contributed by atoms with E-state index in [1.165, 1.54) is 27.7 Å². The lowest BCUT2D eigenvalue weighted by Gasteiger charge is -2.32. The van der Waals surface area contributed by atoms with Gasteiger partial charge in [-0.2, -0.15) is 9.97 Å². The molecule has 8 heterocycles. The molecule has 0 aliphatic heterocycles. The van der Waals surface area contributed by atoms with Crippen molar-refractivity contribution in [3.63, 3.8) is 0 Å². The first-order chi connectivity index (χ1) is 56.3. The van der Waals surface area contributed by atoms with Crippen molar-refractivity contribution < 1.29 is 38.1 Å². The Bertz CT molecular complexity index is 4660. The molecule has 35 heteroatoms. The number of anilines is 5. The Morgan fingerprint density at radius 2 is 0.785 bits per heavy atom. The van der Waals surface area contributed by atoms with Gasteiger partial charge in [-0.1, -0.05) is 125 Å². The van der Waals surface area contributed by atoms with Crippen molar-refractivity contribution in [2.24, 2.45) is 11.5 Å². The van der Waals surface area contributed by atoms with Gasteiger partial charge in [-0.25, -0.2) is 29.9 Å². The van der Waals surface area contributed by atoms with Crippen molar-refractivity contribution in [1.82, 2.24) is 81.1 Å². The van der Waals surface area contributed by atoms with Gasteiger partial charge in [-0.3, -0.25) is 39.1 Å². The van der Waals surface area contributed by atoms with Crippen LogP contribution in [0.5, 0.6) is 23.0 Å². The van der Waals surface area contributed by atoms with E-state index in [1.807, 2.05) is 75.4 Å². The summed E-state index contributed by atoms with van der Waals surface area (Å²) >= 11 is 17.4. The van der Waals surface area contributed by atoms with E-state index in [4.69, 9.17) is 75.9 Å². The number of nitrogens with two attached hydrogens (primary N) is 3. The number of hydrogen-bond acceptors (Lipinski definition) is 27. The molecule has 0 fully saturated rings. The first-order valence-corrected chi connectivity index (χ1v) is 40.6. The molecule has 0 unspecified atom stereocenters. The number of carbonyl (C=O) groups excluding carboxylic acids is 4. The Labute approximate surface area is 735 Å². The Balaban J connectivity index is 0.000000752. The van der Waals surface area contributed by atoms with Crippen LogP contribution < -0.4 is 78.7 Å². The van der Waals surface area contributed by atoms with Gasteiger partial charge < -0.3 is 78.7 Å². The molecule has 0 radical (unpaired) electrons. The highest BCUT2D eigenvalue weighted by molar-refractivity contribution is 6.35. The maximum atomic E-state index is 11.6. The summed E-state index contributed by atoms with van der Waals surface area (Å²) in [6, 6.07) is 18.6. The summed E-state index contributed by atoms with van der Waals surface area (Å²) in [5, 5.41) is 29.3. The van der Waals surface area contributed by atoms with E-state index in [0.717, 1.165) is 138 Å². The van der Waals surface area contributed by atoms with Crippen LogP contribution in [0.3, 0.4) is 0 Å². The highest BCUT2D eigenvalue weighted by Crippen LogP contribution is 2.32. The number of methoxy groups -OCH3 is 4. The number of unbranched alkanes of at least 4 members (excludes halogenated alkanes) is 4. The molecule has 0 saturated heterocycles. The molecule has 10 rings (SSSR count). The van der Waals surface area contributed by atoms with E-state index in [-0.39, 0.29) is 89.6 Å². The van der Waals surface area contributed by atoms with E-state index in [9.17, 15) is 19.2 Å². The summed E-state index contributed by atoms with van der Waals surface area (Å²) in [4.78, 5) is 95.2. The summed E-state index contributed by atoms with van der Waals surface area (Å²) in [7, 11) is 6.49. The van der Waals surface area contributed by atoms with Gasteiger partial charge in [0.1, 0.15) is 45.6 Å². The number of fused-ring (bicyclic) bond motifs is 4. The third-order valence-electron chi connectivity index (χ3n) is 18.1. The summed E-state index contributed by atoms with van der Waals surface area (Å²) in [6.45, 7) is 29.9. The first-order valence-electron chi connectivity index (χ1n) is 39.5. The van der Waals surface area contributed by atoms with E-state index in [1.54, 1.807) is 84.1 Å². The van der Waals surface area contributed by atoms with Crippen LogP contribution in [-0.4, -0.2) is 160 Å². The normalized spacial score (nSPS) is 12.3. The van der Waals surface area contributed by atoms with Gasteiger partial charge in [0.2, 0.25) is 46.1 Å². The second kappa shape index (κ2) is 56.2. The summed E-state index contributed by atoms with van der Waals surface area (Å²) in [5.74, 6) is 5.52. The van der Waals surface area contributed by atoms with Gasteiger partial charge in [0, 0.05) is 142 Å². The lowest BCUT2D eigenvalue weighted by atomic mass is 9.94. The van der Waals surface area contributed by atoms with Crippen LogP contribution in [-0.2, 0) is 32.3 Å². The molecule has 2 aromatic carbocycles. The highest BCUT2D eigenvalue weighted by atomic mass is 35.5. The Hall–Kier alpha value is -10.4. The van der Waals surface area contributed by atoms with Crippen molar-refractivity contribution >= 4 is 144 Å². The number of nitrogens with zero attached hydrogens (tertiary/aromatic N) is 12. The molecular formula is C86H131Cl4N23O8. The molecule has 31 nitrogen and oxygen atoms in total. The van der Waals surface area contributed by atoms with Crippen molar-refractivity contribution in [1.29, 1.82) is 0 Å². The fraction of sp³-hybridized carbons (Fsp3) is 0.488. The predicted octanol–water partition coefficient (Wildman–Crippen LogP) is 16.7. The van der Waals surface area contributed by atoms with Gasteiger partial charge >= 0.3 is 0 Å². The Kier molecular flexibility index (Phi) is 50.4. The number of aromatic nitrogens is 12. The first kappa shape index (κ1) is 109. The van der Waals surface area contributed by atoms with Gasteiger partial charge in [0.25, 0.3) is 0 Å². The van der Waals surface area contributed by atoms with Gasteiger partial charge in [0.15, 0.2) is 0 Å². The number of pyridine rings is 4. The van der Waals surface area contributed by atoms with Crippen molar-refractivity contribution in [2.75, 3.05) is 81.6 Å². The van der Waals surface area contributed by atoms with Crippen LogP contribution >= 0.6 is 47.2 Å². The van der Waals surface area contributed by atoms with E-state index in [2.05, 4.69) is 146 Å². The van der Waals surface area contributed by atoms with Crippen LogP contribution in [0.25, 0.3) is 43.6 Å². The van der Waals surface area contributed by atoms with Crippen molar-refractivity contribution in [2.45, 2.75) is 224 Å². The maximum Gasteiger partial charge on any atom is 0.225 e. The quantitative estimate of drug-likeness (QED) is 0.0132. The predicted molar refractivity (Wildman–Crippen MR) is 497 cm³/mol. The molecule has 4 amide bonds. The number of hydrogen-bond donors (Lipinski definition) is 11. The zero-order valence-corrected chi connectivity index (χ0v) is 75.1. The monoisotopic (exact) mass is 1750 g/mol. The van der Waals surface area contributed by atoms with Gasteiger partial charge in [-0.15, -0.1) is 12.4 Å². The highest BCUT2D eigenvalue weighted by Gasteiger charge is 2.29. The Morgan fingerprint density at radius 3 is 1.18 bits per heavy atom. The third kappa shape index (κ3) is 38.5. The summed E-state index contributed by atoms with van der Waals surface area (Å²) < 4.78 is 20.9. The maximum absolute atomic E-state index is 11.6. The largest absolute Gasteiger partial charge is 0.497 e. The number of nitrogen functional groups attached to an aromatic ring is 1. The number of halogens is 4. The molecule has 14 N–H and O–H groups in total. The zero-order valence-electron chi connectivity index (χ0n) is 72.0. The lowest BCUT2D eigenvalue weighted by molar-refractivity contribution is -0.120. The van der Waals surface area contributed by atoms with Crippen LogP contribution in [0.2, 0.25) is 15.7 Å². The van der Waals surface area contributed by atoms with E-state index in [0.29, 0.717) is 84.4 Å². The minimum atomic E-state index is -0.372. The SMILES string of the molecule is C.C.CC.CCCC[C@@](C)(N)CNC(C)=O.CCCC[C@](C)(CNC(C)=O)Nc1nc(Cl)nc2cnccc12.CCCC[C@](C)(CNC(C)=O)Nc1nc(N)nc2cnccc12.CCCC[C@](C)(CNC(C)=O)Nc1nc(NCc2ccc(OC)cc2OC)nc2cnccc12.COc1ccc(CN)c(OC)c1.Cl.Clc1nc(Cl)c2ccncc2n1. The molecule has 0 bridgehead atoms. The Morgan fingerprint density at radius 1 is 0.438 bits per heavy atom. The number of benzene rings is 2. The molecule has 0 saturated carbocycles. The average Bonchev–Trinajstić information content (AvgIpc) is 0.807.